The van der Waals surface area contributed by atoms with Crippen LogP contribution in [0.1, 0.15) is 19.3 Å². The maximum Gasteiger partial charge on any atom is 0.325 e. The van der Waals surface area contributed by atoms with Crippen molar-refractivity contribution in [2.45, 2.75) is 24.8 Å². The van der Waals surface area contributed by atoms with Crippen LogP contribution >= 0.6 is 11.8 Å². The molecular weight excluding hydrogens is 302 g/mol. The fraction of sp³-hybridized carbons (Fsp3) is 0.667. The van der Waals surface area contributed by atoms with Crippen LogP contribution < -0.4 is 5.32 Å². The van der Waals surface area contributed by atoms with Gasteiger partial charge in [0.05, 0.1) is 0 Å². The van der Waals surface area contributed by atoms with Crippen molar-refractivity contribution in [2.75, 3.05) is 31.1 Å². The largest absolute Gasteiger partial charge is 0.339 e. The molecule has 0 saturated carbocycles. The van der Waals surface area contributed by atoms with Gasteiger partial charge in [-0.05, 0) is 24.3 Å². The third kappa shape index (κ3) is 2.62. The zero-order chi connectivity index (χ0) is 15.7. The molecule has 1 atom stereocenters. The van der Waals surface area contributed by atoms with Crippen LogP contribution in [-0.2, 0) is 9.59 Å². The van der Waals surface area contributed by atoms with Gasteiger partial charge >= 0.3 is 6.03 Å². The van der Waals surface area contributed by atoms with Gasteiger partial charge in [0, 0.05) is 32.0 Å². The van der Waals surface area contributed by atoms with Crippen molar-refractivity contribution >= 4 is 29.6 Å². The first-order valence-corrected chi connectivity index (χ1v) is 8.82. The van der Waals surface area contributed by atoms with Crippen LogP contribution in [0.25, 0.3) is 0 Å². The average molecular weight is 323 g/mol. The lowest BCUT2D eigenvalue weighted by Gasteiger charge is -2.30. The van der Waals surface area contributed by atoms with Gasteiger partial charge in [-0.15, -0.1) is 6.58 Å². The van der Waals surface area contributed by atoms with Crippen molar-refractivity contribution in [3.63, 3.8) is 0 Å². The summed E-state index contributed by atoms with van der Waals surface area (Å²) in [5, 5.41) is 2.90. The number of rotatable bonds is 4. The minimum atomic E-state index is -0.689. The number of imide groups is 1. The summed E-state index contributed by atoms with van der Waals surface area (Å²) in [5.74, 6) is 1.78. The SMILES string of the molecule is C=CCN1CC(CN2C(=O)NC3(CCSCC3)C2=O)CC1=O. The first-order chi connectivity index (χ1) is 10.6. The maximum atomic E-state index is 12.7. The molecule has 3 heterocycles. The number of urea groups is 1. The van der Waals surface area contributed by atoms with Crippen LogP contribution in [0.5, 0.6) is 0 Å². The summed E-state index contributed by atoms with van der Waals surface area (Å²) in [6.45, 7) is 5.09. The Labute approximate surface area is 134 Å². The van der Waals surface area contributed by atoms with Gasteiger partial charge in [0.1, 0.15) is 5.54 Å². The minimum absolute atomic E-state index is 0.0234. The Morgan fingerprint density at radius 1 is 1.32 bits per heavy atom. The van der Waals surface area contributed by atoms with Crippen molar-refractivity contribution in [2.24, 2.45) is 5.92 Å². The van der Waals surface area contributed by atoms with Gasteiger partial charge < -0.3 is 10.2 Å². The van der Waals surface area contributed by atoms with Crippen molar-refractivity contribution < 1.29 is 14.4 Å². The van der Waals surface area contributed by atoms with Crippen molar-refractivity contribution in [3.05, 3.63) is 12.7 Å². The molecule has 1 unspecified atom stereocenters. The van der Waals surface area contributed by atoms with E-state index in [-0.39, 0.29) is 23.8 Å². The van der Waals surface area contributed by atoms with Gasteiger partial charge in [0.25, 0.3) is 5.91 Å². The summed E-state index contributed by atoms with van der Waals surface area (Å²) in [6.07, 6.45) is 3.49. The quantitative estimate of drug-likeness (QED) is 0.615. The van der Waals surface area contributed by atoms with E-state index in [9.17, 15) is 14.4 Å². The van der Waals surface area contributed by atoms with Crippen LogP contribution in [-0.4, -0.2) is 64.3 Å². The minimum Gasteiger partial charge on any atom is -0.339 e. The predicted molar refractivity (Wildman–Crippen MR) is 84.4 cm³/mol. The van der Waals surface area contributed by atoms with Gasteiger partial charge in [-0.3, -0.25) is 14.5 Å². The number of likely N-dealkylation sites (tertiary alicyclic amines) is 1. The maximum absolute atomic E-state index is 12.7. The highest BCUT2D eigenvalue weighted by Gasteiger charge is 2.52. The highest BCUT2D eigenvalue weighted by atomic mass is 32.2. The van der Waals surface area contributed by atoms with E-state index in [1.54, 1.807) is 11.0 Å². The molecule has 0 aromatic carbocycles. The predicted octanol–water partition coefficient (Wildman–Crippen LogP) is 0.839. The third-order valence-electron chi connectivity index (χ3n) is 4.68. The van der Waals surface area contributed by atoms with Gasteiger partial charge in [0.15, 0.2) is 0 Å². The number of carbonyl (C=O) groups excluding carboxylic acids is 3. The molecule has 22 heavy (non-hydrogen) atoms. The van der Waals surface area contributed by atoms with E-state index in [0.29, 0.717) is 38.9 Å². The molecule has 1 spiro atoms. The molecule has 4 amide bonds. The second kappa shape index (κ2) is 5.95. The fourth-order valence-corrected chi connectivity index (χ4v) is 4.66. The Balaban J connectivity index is 1.66. The van der Waals surface area contributed by atoms with Crippen LogP contribution in [0.15, 0.2) is 12.7 Å². The van der Waals surface area contributed by atoms with Crippen LogP contribution in [0.3, 0.4) is 0 Å². The Bertz CT molecular complexity index is 516. The number of amides is 4. The number of nitrogens with one attached hydrogen (secondary N) is 1. The zero-order valence-electron chi connectivity index (χ0n) is 12.5. The molecule has 0 aromatic heterocycles. The second-order valence-electron chi connectivity index (χ2n) is 6.20. The van der Waals surface area contributed by atoms with Gasteiger partial charge in [-0.25, -0.2) is 4.79 Å². The molecule has 3 fully saturated rings. The van der Waals surface area contributed by atoms with E-state index in [1.165, 1.54) is 4.90 Å². The molecule has 0 aromatic rings. The van der Waals surface area contributed by atoms with Crippen molar-refractivity contribution in [3.8, 4) is 0 Å². The van der Waals surface area contributed by atoms with Gasteiger partial charge in [0.2, 0.25) is 5.91 Å². The third-order valence-corrected chi connectivity index (χ3v) is 5.66. The Morgan fingerprint density at radius 2 is 2.05 bits per heavy atom. The van der Waals surface area contributed by atoms with Crippen LogP contribution in [0, 0.1) is 5.92 Å². The summed E-state index contributed by atoms with van der Waals surface area (Å²) < 4.78 is 0. The monoisotopic (exact) mass is 323 g/mol. The van der Waals surface area contributed by atoms with Gasteiger partial charge in [-0.2, -0.15) is 11.8 Å². The standard InChI is InChI=1S/C15H21N3O3S/c1-2-5-17-9-11(8-12(17)19)10-18-13(20)15(16-14(18)21)3-6-22-7-4-15/h2,11H,1,3-10H2,(H,16,21). The lowest BCUT2D eigenvalue weighted by Crippen LogP contribution is -2.49. The highest BCUT2D eigenvalue weighted by Crippen LogP contribution is 2.33. The molecular formula is C15H21N3O3S. The Hall–Kier alpha value is -1.50. The molecule has 3 aliphatic heterocycles. The summed E-state index contributed by atoms with van der Waals surface area (Å²) in [7, 11) is 0. The Kier molecular flexibility index (Phi) is 4.16. The van der Waals surface area contributed by atoms with E-state index < -0.39 is 5.54 Å². The molecule has 0 radical (unpaired) electrons. The molecule has 0 bridgehead atoms. The highest BCUT2D eigenvalue weighted by molar-refractivity contribution is 7.99. The lowest BCUT2D eigenvalue weighted by atomic mass is 9.92. The van der Waals surface area contributed by atoms with Crippen LogP contribution in [0.4, 0.5) is 4.79 Å². The summed E-state index contributed by atoms with van der Waals surface area (Å²) in [5.41, 5.74) is -0.689. The molecule has 6 nitrogen and oxygen atoms in total. The van der Waals surface area contributed by atoms with E-state index >= 15 is 0 Å². The smallest absolute Gasteiger partial charge is 0.325 e. The lowest BCUT2D eigenvalue weighted by molar-refractivity contribution is -0.132. The van der Waals surface area contributed by atoms with Crippen molar-refractivity contribution in [1.29, 1.82) is 0 Å². The molecule has 1 N–H and O–H groups in total. The molecule has 3 rings (SSSR count). The van der Waals surface area contributed by atoms with E-state index in [0.717, 1.165) is 11.5 Å². The van der Waals surface area contributed by atoms with E-state index in [2.05, 4.69) is 11.9 Å². The number of hydrogen-bond donors (Lipinski definition) is 1. The fourth-order valence-electron chi connectivity index (χ4n) is 3.47. The zero-order valence-corrected chi connectivity index (χ0v) is 13.4. The average Bonchev–Trinajstić information content (AvgIpc) is 2.94. The molecule has 0 aliphatic carbocycles. The van der Waals surface area contributed by atoms with E-state index in [4.69, 9.17) is 0 Å². The molecule has 120 valence electrons. The Morgan fingerprint density at radius 3 is 2.73 bits per heavy atom. The number of carbonyl (C=O) groups is 3. The van der Waals surface area contributed by atoms with Crippen molar-refractivity contribution in [1.82, 2.24) is 15.1 Å². The summed E-state index contributed by atoms with van der Waals surface area (Å²) in [4.78, 5) is 39.8. The van der Waals surface area contributed by atoms with E-state index in [1.807, 2.05) is 11.8 Å². The number of hydrogen-bond acceptors (Lipinski definition) is 4. The van der Waals surface area contributed by atoms with Crippen LogP contribution in [0.2, 0.25) is 0 Å². The second-order valence-corrected chi connectivity index (χ2v) is 7.42. The number of nitrogens with zero attached hydrogens (tertiary/aromatic N) is 2. The normalized spacial score (nSPS) is 27.6. The molecule has 3 saturated heterocycles. The van der Waals surface area contributed by atoms with Gasteiger partial charge in [-0.1, -0.05) is 6.08 Å². The molecule has 7 heteroatoms. The molecule has 3 aliphatic rings. The number of thioether (sulfide) groups is 1. The summed E-state index contributed by atoms with van der Waals surface area (Å²) >= 11 is 1.82. The summed E-state index contributed by atoms with van der Waals surface area (Å²) in [6, 6.07) is -0.300. The topological polar surface area (TPSA) is 69.7 Å². The first kappa shape index (κ1) is 15.4. The first-order valence-electron chi connectivity index (χ1n) is 7.66.